The van der Waals surface area contributed by atoms with E-state index in [-0.39, 0.29) is 13.2 Å². The van der Waals surface area contributed by atoms with Crippen LogP contribution in [0.25, 0.3) is 0 Å². The summed E-state index contributed by atoms with van der Waals surface area (Å²) in [5.74, 6) is 2.65. The first kappa shape index (κ1) is 48.9. The van der Waals surface area contributed by atoms with Gasteiger partial charge in [0.25, 0.3) is 0 Å². The zero-order chi connectivity index (χ0) is 39.0. The van der Waals surface area contributed by atoms with Crippen LogP contribution < -0.4 is 0 Å². The molecule has 0 N–H and O–H groups in total. The molecule has 312 valence electrons. The van der Waals surface area contributed by atoms with Gasteiger partial charge in [0.15, 0.2) is 11.5 Å². The van der Waals surface area contributed by atoms with Crippen LogP contribution in [0.5, 0.6) is 0 Å². The van der Waals surface area contributed by atoms with Crippen molar-refractivity contribution in [2.24, 2.45) is 0 Å². The van der Waals surface area contributed by atoms with Gasteiger partial charge < -0.3 is 14.5 Å². The minimum absolute atomic E-state index is 0.274. The second-order valence-corrected chi connectivity index (χ2v) is 15.2. The van der Waals surface area contributed by atoms with Crippen LogP contribution in [0.15, 0.2) is 84.7 Å². The van der Waals surface area contributed by atoms with Crippen LogP contribution in [0.3, 0.4) is 0 Å². The quantitative estimate of drug-likeness (QED) is 0.0218. The highest BCUT2D eigenvalue weighted by molar-refractivity contribution is 6.18. The molecule has 0 atom stereocenters. The number of alkyl halides is 2. The molecule has 0 aliphatic carbocycles. The molecule has 0 fully saturated rings. The summed E-state index contributed by atoms with van der Waals surface area (Å²) in [5.41, 5.74) is 1.98. The highest BCUT2D eigenvalue weighted by atomic mass is 35.5. The Bertz CT molecular complexity index is 1060. The van der Waals surface area contributed by atoms with E-state index in [1.54, 1.807) is 12.5 Å². The van der Waals surface area contributed by atoms with Crippen LogP contribution in [0.4, 0.5) is 0 Å². The summed E-state index contributed by atoms with van der Waals surface area (Å²) in [6.45, 7) is 0.548. The molecule has 0 radical (unpaired) electrons. The molecule has 0 saturated carbocycles. The molecule has 2 aromatic carbocycles. The molecule has 2 aromatic rings. The molecule has 7 nitrogen and oxygen atoms in total. The van der Waals surface area contributed by atoms with Crippen molar-refractivity contribution in [1.29, 1.82) is 0 Å². The third-order valence-electron chi connectivity index (χ3n) is 9.53. The average molecular weight is 808 g/mol. The van der Waals surface area contributed by atoms with Gasteiger partial charge in [-0.2, -0.15) is 9.78 Å². The summed E-state index contributed by atoms with van der Waals surface area (Å²) in [5, 5.41) is 10.3. The minimum Gasteiger partial charge on any atom is -0.465 e. The van der Waals surface area contributed by atoms with Gasteiger partial charge in [-0.15, -0.1) is 23.2 Å². The summed E-state index contributed by atoms with van der Waals surface area (Å²) < 4.78 is 5.86. The highest BCUT2D eigenvalue weighted by Crippen LogP contribution is 2.19. The summed E-state index contributed by atoms with van der Waals surface area (Å²) in [6.07, 6.45) is 34.1. The number of benzene rings is 2. The van der Waals surface area contributed by atoms with Crippen LogP contribution in [0.2, 0.25) is 0 Å². The highest BCUT2D eigenvalue weighted by Gasteiger charge is 2.07. The number of rotatable bonds is 40. The van der Waals surface area contributed by atoms with E-state index in [1.165, 1.54) is 116 Å². The van der Waals surface area contributed by atoms with Crippen molar-refractivity contribution in [2.75, 3.05) is 11.8 Å². The third-order valence-corrected chi connectivity index (χ3v) is 10.1. The Hall–Kier alpha value is -2.26. The molecule has 0 spiro atoms. The molecule has 9 heteroatoms. The summed E-state index contributed by atoms with van der Waals surface area (Å²) in [4.78, 5) is 21.8. The van der Waals surface area contributed by atoms with Crippen LogP contribution in [0, 0.1) is 0 Å². The number of ether oxygens (including phenoxy) is 1. The van der Waals surface area contributed by atoms with E-state index in [2.05, 4.69) is 0 Å². The molecule has 0 saturated heterocycles. The molecular weight excluding hydrogens is 735 g/mol. The molecule has 0 aliphatic rings. The van der Waals surface area contributed by atoms with E-state index >= 15 is 0 Å². The first-order valence-corrected chi connectivity index (χ1v) is 22.5. The fourth-order valence-corrected chi connectivity index (χ4v) is 6.60. The number of hydrogen-bond donors (Lipinski definition) is 0. The lowest BCUT2D eigenvalue weighted by Gasteiger charge is -2.10. The zero-order valence-electron chi connectivity index (χ0n) is 33.8. The van der Waals surface area contributed by atoms with Gasteiger partial charge in [-0.05, 0) is 46.9 Å². The number of hydrogen-bond acceptors (Lipinski definition) is 7. The number of allylic oxidation sites excluding steroid dienone is 2. The van der Waals surface area contributed by atoms with Gasteiger partial charge >= 0.3 is 0 Å². The van der Waals surface area contributed by atoms with Crippen molar-refractivity contribution in [1.82, 2.24) is 0 Å². The first-order chi connectivity index (χ1) is 27.3. The maximum Gasteiger partial charge on any atom is 0.180 e. The van der Waals surface area contributed by atoms with Crippen molar-refractivity contribution in [3.8, 4) is 0 Å². The normalized spacial score (nSPS) is 12.0. The predicted molar refractivity (Wildman–Crippen MR) is 226 cm³/mol. The average Bonchev–Trinajstić information content (AvgIpc) is 3.21. The molecule has 2 rings (SSSR count). The Balaban J connectivity index is 1.79. The van der Waals surface area contributed by atoms with Crippen LogP contribution in [-0.2, 0) is 47.6 Å². The molecule has 0 heterocycles. The van der Waals surface area contributed by atoms with E-state index in [4.69, 9.17) is 57.6 Å². The van der Waals surface area contributed by atoms with Crippen molar-refractivity contribution in [3.05, 3.63) is 95.8 Å². The second kappa shape index (κ2) is 38.6. The molecule has 0 aliphatic heterocycles. The van der Waals surface area contributed by atoms with Crippen molar-refractivity contribution >= 4 is 23.2 Å². The maximum absolute atomic E-state index is 5.86. The fraction of sp³-hybridized carbons (Fsp3) is 0.652. The van der Waals surface area contributed by atoms with E-state index in [0.717, 1.165) is 61.4 Å². The lowest BCUT2D eigenvalue weighted by molar-refractivity contribution is -0.503. The Morgan fingerprint density at radius 2 is 0.673 bits per heavy atom. The minimum atomic E-state index is 0.274. The standard InChI is InChI=1S/C46H72Cl2O7/c47-37-29-19-15-11-7-3-1-5-9-13-17-27-35-45(52-54-50-39-43-31-23-21-24-32-43)41-49-42-46(53-55-51-40-44-33-25-22-26-34-44)36-28-18-14-10-6-2-4-8-12-16-20-30-38-48/h21-26,31-34,41-42H,1-20,27-30,35-40H2. The Labute approximate surface area is 344 Å². The fourth-order valence-electron chi connectivity index (χ4n) is 6.22. The molecular formula is C46H72Cl2O7. The van der Waals surface area contributed by atoms with Crippen LogP contribution in [-0.4, -0.2) is 11.8 Å². The Morgan fingerprint density at radius 3 is 0.982 bits per heavy atom. The first-order valence-electron chi connectivity index (χ1n) is 21.5. The summed E-state index contributed by atoms with van der Waals surface area (Å²) in [7, 11) is 0. The van der Waals surface area contributed by atoms with Gasteiger partial charge in [0, 0.05) is 24.6 Å². The molecule has 0 bridgehead atoms. The number of unbranched alkanes of at least 4 members (excludes halogenated alkanes) is 22. The van der Waals surface area contributed by atoms with E-state index in [9.17, 15) is 0 Å². The van der Waals surface area contributed by atoms with Gasteiger partial charge in [-0.3, -0.25) is 0 Å². The predicted octanol–water partition coefficient (Wildman–Crippen LogP) is 15.5. The van der Waals surface area contributed by atoms with Crippen molar-refractivity contribution in [2.45, 2.75) is 180 Å². The van der Waals surface area contributed by atoms with E-state index < -0.39 is 0 Å². The van der Waals surface area contributed by atoms with Crippen molar-refractivity contribution in [3.63, 3.8) is 0 Å². The van der Waals surface area contributed by atoms with Crippen LogP contribution in [0.1, 0.15) is 178 Å². The number of halogens is 2. The lowest BCUT2D eigenvalue weighted by Crippen LogP contribution is -2.00. The van der Waals surface area contributed by atoms with Gasteiger partial charge in [0.1, 0.15) is 25.7 Å². The van der Waals surface area contributed by atoms with Crippen LogP contribution >= 0.6 is 23.2 Å². The molecule has 0 unspecified atom stereocenters. The van der Waals surface area contributed by atoms with Gasteiger partial charge in [0.2, 0.25) is 0 Å². The van der Waals surface area contributed by atoms with E-state index in [1.807, 2.05) is 60.7 Å². The maximum atomic E-state index is 5.86. The SMILES string of the molecule is ClCCCCCCCCCCCCCCC(=COC=C(CCCCCCCCCCCCCCCl)OOOCc1ccccc1)OOOCc1ccccc1. The van der Waals surface area contributed by atoms with E-state index in [0.29, 0.717) is 24.4 Å². The zero-order valence-corrected chi connectivity index (χ0v) is 35.3. The second-order valence-electron chi connectivity index (χ2n) is 14.5. The molecule has 55 heavy (non-hydrogen) atoms. The Kier molecular flexibility index (Phi) is 34.3. The topological polar surface area (TPSA) is 64.6 Å². The Morgan fingerprint density at radius 1 is 0.382 bits per heavy atom. The summed E-state index contributed by atoms with van der Waals surface area (Å²) in [6, 6.07) is 19.7. The summed E-state index contributed by atoms with van der Waals surface area (Å²) >= 11 is 11.5. The monoisotopic (exact) mass is 806 g/mol. The largest absolute Gasteiger partial charge is 0.465 e. The lowest BCUT2D eigenvalue weighted by atomic mass is 10.0. The van der Waals surface area contributed by atoms with Gasteiger partial charge in [-0.1, -0.05) is 189 Å². The third kappa shape index (κ3) is 31.5. The van der Waals surface area contributed by atoms with Gasteiger partial charge in [-0.25, -0.2) is 0 Å². The van der Waals surface area contributed by atoms with Crippen molar-refractivity contribution < 1.29 is 34.4 Å². The van der Waals surface area contributed by atoms with Gasteiger partial charge in [0.05, 0.1) is 0 Å². The smallest absolute Gasteiger partial charge is 0.180 e. The molecule has 0 aromatic heterocycles. The molecule has 0 amide bonds.